The molecule has 1 heterocycles. The minimum Gasteiger partial charge on any atom is -0.394 e. The first kappa shape index (κ1) is 14.3. The van der Waals surface area contributed by atoms with E-state index in [4.69, 9.17) is 0 Å². The molecule has 5 heteroatoms. The van der Waals surface area contributed by atoms with Crippen molar-refractivity contribution in [2.75, 3.05) is 6.61 Å². The lowest BCUT2D eigenvalue weighted by molar-refractivity contribution is 0.162. The highest BCUT2D eigenvalue weighted by Crippen LogP contribution is 2.28. The van der Waals surface area contributed by atoms with E-state index in [1.165, 1.54) is 4.88 Å². The summed E-state index contributed by atoms with van der Waals surface area (Å²) in [7, 11) is 0. The molecule has 2 rings (SSSR count). The quantitative estimate of drug-likeness (QED) is 0.776. The summed E-state index contributed by atoms with van der Waals surface area (Å²) in [5.41, 5.74) is -0.396. The molecule has 0 aromatic carbocycles. The summed E-state index contributed by atoms with van der Waals surface area (Å²) in [6, 6.07) is 4.02. The van der Waals surface area contributed by atoms with Crippen LogP contribution in [0.25, 0.3) is 0 Å². The summed E-state index contributed by atoms with van der Waals surface area (Å²) in [5, 5.41) is 17.4. The van der Waals surface area contributed by atoms with Crippen molar-refractivity contribution >= 4 is 17.4 Å². The third-order valence-electron chi connectivity index (χ3n) is 3.71. The van der Waals surface area contributed by atoms with Gasteiger partial charge in [-0.25, -0.2) is 4.79 Å². The third-order valence-corrected chi connectivity index (χ3v) is 4.61. The fraction of sp³-hybridized carbons (Fsp3) is 0.643. The minimum absolute atomic E-state index is 0.0275. The highest BCUT2D eigenvalue weighted by molar-refractivity contribution is 7.09. The van der Waals surface area contributed by atoms with E-state index in [1.54, 1.807) is 11.3 Å². The summed E-state index contributed by atoms with van der Waals surface area (Å²) in [6.45, 7) is 2.03. The maximum atomic E-state index is 12.0. The van der Waals surface area contributed by atoms with Crippen LogP contribution < -0.4 is 10.6 Å². The number of carbonyl (C=O) groups is 1. The molecule has 1 aromatic heterocycles. The number of rotatable bonds is 5. The molecule has 3 N–H and O–H groups in total. The predicted molar refractivity (Wildman–Crippen MR) is 77.4 cm³/mol. The standard InChI is InChI=1S/C14H22N2O2S/c1-11(9-12-5-4-8-19-12)15-13(18)16-14(10-17)6-2-3-7-14/h4-5,8,11,17H,2-3,6-7,9-10H2,1H3,(H2,15,16,18). The number of hydrogen-bond donors (Lipinski definition) is 3. The lowest BCUT2D eigenvalue weighted by Crippen LogP contribution is -2.54. The Morgan fingerprint density at radius 2 is 2.26 bits per heavy atom. The molecule has 19 heavy (non-hydrogen) atoms. The first-order valence-corrected chi connectivity index (χ1v) is 7.73. The molecule has 1 fully saturated rings. The molecule has 0 bridgehead atoms. The van der Waals surface area contributed by atoms with Crippen molar-refractivity contribution in [1.82, 2.24) is 10.6 Å². The number of carbonyl (C=O) groups excluding carboxylic acids is 1. The van der Waals surface area contributed by atoms with Crippen molar-refractivity contribution in [3.05, 3.63) is 22.4 Å². The van der Waals surface area contributed by atoms with Crippen molar-refractivity contribution < 1.29 is 9.90 Å². The summed E-state index contributed by atoms with van der Waals surface area (Å²) in [6.07, 6.45) is 4.74. The van der Waals surface area contributed by atoms with Gasteiger partial charge in [0.05, 0.1) is 12.1 Å². The van der Waals surface area contributed by atoms with Crippen LogP contribution in [0.4, 0.5) is 4.79 Å². The fourth-order valence-electron chi connectivity index (χ4n) is 2.66. The molecule has 1 atom stereocenters. The van der Waals surface area contributed by atoms with Gasteiger partial charge in [0.1, 0.15) is 0 Å². The van der Waals surface area contributed by atoms with E-state index in [0.29, 0.717) is 0 Å². The van der Waals surface area contributed by atoms with E-state index in [-0.39, 0.29) is 18.7 Å². The topological polar surface area (TPSA) is 61.4 Å². The van der Waals surface area contributed by atoms with Crippen LogP contribution in [-0.2, 0) is 6.42 Å². The van der Waals surface area contributed by atoms with Crippen LogP contribution in [-0.4, -0.2) is 29.3 Å². The number of urea groups is 1. The molecule has 1 unspecified atom stereocenters. The largest absolute Gasteiger partial charge is 0.394 e. The number of aliphatic hydroxyl groups is 1. The Morgan fingerprint density at radius 1 is 1.53 bits per heavy atom. The fourth-order valence-corrected chi connectivity index (χ4v) is 3.49. The summed E-state index contributed by atoms with van der Waals surface area (Å²) < 4.78 is 0. The van der Waals surface area contributed by atoms with Crippen molar-refractivity contribution in [1.29, 1.82) is 0 Å². The van der Waals surface area contributed by atoms with Crippen molar-refractivity contribution in [3.63, 3.8) is 0 Å². The summed E-state index contributed by atoms with van der Waals surface area (Å²) in [4.78, 5) is 13.2. The van der Waals surface area contributed by atoms with Gasteiger partial charge < -0.3 is 15.7 Å². The summed E-state index contributed by atoms with van der Waals surface area (Å²) in [5.74, 6) is 0. The van der Waals surface area contributed by atoms with Crippen LogP contribution >= 0.6 is 11.3 Å². The smallest absolute Gasteiger partial charge is 0.315 e. The predicted octanol–water partition coefficient (Wildman–Crippen LogP) is 2.28. The van der Waals surface area contributed by atoms with Gasteiger partial charge in [0.25, 0.3) is 0 Å². The lowest BCUT2D eigenvalue weighted by Gasteiger charge is -2.28. The second kappa shape index (κ2) is 6.39. The van der Waals surface area contributed by atoms with Crippen LogP contribution in [0.2, 0.25) is 0 Å². The molecule has 1 aromatic rings. The first-order chi connectivity index (χ1) is 9.13. The van der Waals surface area contributed by atoms with E-state index in [9.17, 15) is 9.90 Å². The highest BCUT2D eigenvalue weighted by Gasteiger charge is 2.34. The van der Waals surface area contributed by atoms with Gasteiger partial charge in [-0.05, 0) is 31.2 Å². The summed E-state index contributed by atoms with van der Waals surface area (Å²) >= 11 is 1.70. The van der Waals surface area contributed by atoms with Crippen molar-refractivity contribution in [2.24, 2.45) is 0 Å². The van der Waals surface area contributed by atoms with Crippen LogP contribution in [0.1, 0.15) is 37.5 Å². The number of nitrogens with one attached hydrogen (secondary N) is 2. The lowest BCUT2D eigenvalue weighted by atomic mass is 9.99. The van der Waals surface area contributed by atoms with Crippen LogP contribution in [0.3, 0.4) is 0 Å². The van der Waals surface area contributed by atoms with Crippen molar-refractivity contribution in [3.8, 4) is 0 Å². The molecule has 2 amide bonds. The molecule has 0 saturated heterocycles. The average Bonchev–Trinajstić information content (AvgIpc) is 3.00. The zero-order valence-electron chi connectivity index (χ0n) is 11.3. The molecule has 0 aliphatic heterocycles. The molecule has 106 valence electrons. The maximum Gasteiger partial charge on any atom is 0.315 e. The second-order valence-corrected chi connectivity index (χ2v) is 6.46. The third kappa shape index (κ3) is 3.94. The van der Waals surface area contributed by atoms with Crippen LogP contribution in [0.5, 0.6) is 0 Å². The SMILES string of the molecule is CC(Cc1cccs1)NC(=O)NC1(CO)CCCC1. The highest BCUT2D eigenvalue weighted by atomic mass is 32.1. The van der Waals surface area contributed by atoms with Gasteiger partial charge >= 0.3 is 6.03 Å². The Kier molecular flexibility index (Phi) is 4.82. The Labute approximate surface area is 118 Å². The molecule has 4 nitrogen and oxygen atoms in total. The molecular weight excluding hydrogens is 260 g/mol. The van der Waals surface area contributed by atoms with Gasteiger partial charge in [0.15, 0.2) is 0 Å². The van der Waals surface area contributed by atoms with E-state index >= 15 is 0 Å². The normalized spacial score (nSPS) is 19.1. The number of aliphatic hydroxyl groups excluding tert-OH is 1. The van der Waals surface area contributed by atoms with E-state index in [1.807, 2.05) is 18.4 Å². The monoisotopic (exact) mass is 282 g/mol. The number of amides is 2. The molecule has 0 spiro atoms. The van der Waals surface area contributed by atoms with Gasteiger partial charge in [-0.15, -0.1) is 11.3 Å². The zero-order valence-corrected chi connectivity index (χ0v) is 12.1. The van der Waals surface area contributed by atoms with E-state index in [2.05, 4.69) is 16.7 Å². The molecule has 1 aliphatic rings. The first-order valence-electron chi connectivity index (χ1n) is 6.85. The number of thiophene rings is 1. The molecule has 0 radical (unpaired) electrons. The van der Waals surface area contributed by atoms with Gasteiger partial charge in [0, 0.05) is 17.3 Å². The van der Waals surface area contributed by atoms with Gasteiger partial charge in [-0.1, -0.05) is 18.9 Å². The molecule has 1 saturated carbocycles. The minimum atomic E-state index is -0.396. The van der Waals surface area contributed by atoms with Gasteiger partial charge in [-0.3, -0.25) is 0 Å². The Bertz CT molecular complexity index is 400. The van der Waals surface area contributed by atoms with Crippen LogP contribution in [0.15, 0.2) is 17.5 Å². The Hall–Kier alpha value is -1.07. The van der Waals surface area contributed by atoms with Gasteiger partial charge in [0.2, 0.25) is 0 Å². The molecule has 1 aliphatic carbocycles. The Balaban J connectivity index is 1.80. The average molecular weight is 282 g/mol. The van der Waals surface area contributed by atoms with Crippen LogP contribution in [0, 0.1) is 0 Å². The molecular formula is C14H22N2O2S. The number of hydrogen-bond acceptors (Lipinski definition) is 3. The zero-order chi connectivity index (χ0) is 13.7. The van der Waals surface area contributed by atoms with Gasteiger partial charge in [-0.2, -0.15) is 0 Å². The van der Waals surface area contributed by atoms with E-state index < -0.39 is 5.54 Å². The Morgan fingerprint density at radius 3 is 2.84 bits per heavy atom. The maximum absolute atomic E-state index is 12.0. The van der Waals surface area contributed by atoms with E-state index in [0.717, 1.165) is 32.1 Å². The van der Waals surface area contributed by atoms with Crippen molar-refractivity contribution in [2.45, 2.75) is 50.6 Å². The second-order valence-electron chi connectivity index (χ2n) is 5.43.